The molecule has 1 aliphatic carbocycles. The van der Waals surface area contributed by atoms with E-state index in [1.165, 1.54) is 0 Å². The lowest BCUT2D eigenvalue weighted by Crippen LogP contribution is -2.34. The van der Waals surface area contributed by atoms with Crippen molar-refractivity contribution in [1.82, 2.24) is 15.1 Å². The Bertz CT molecular complexity index is 1170. The lowest BCUT2D eigenvalue weighted by Gasteiger charge is -2.12. The van der Waals surface area contributed by atoms with Crippen LogP contribution in [0, 0.1) is 19.8 Å². The number of aliphatic imine (C=N–C) groups is 1. The molecular formula is C23H28N7O2+. The first-order valence-electron chi connectivity index (χ1n) is 10.6. The Balaban J connectivity index is 1.71. The number of nitrogens with zero attached hydrogens (tertiary/aromatic N) is 4. The maximum Gasteiger partial charge on any atom is 0.316 e. The van der Waals surface area contributed by atoms with Crippen LogP contribution in [0.5, 0.6) is 0 Å². The third-order valence-corrected chi connectivity index (χ3v) is 5.72. The maximum absolute atomic E-state index is 11.6. The highest BCUT2D eigenvalue weighted by Gasteiger charge is 2.28. The first-order valence-corrected chi connectivity index (χ1v) is 10.6. The van der Waals surface area contributed by atoms with Gasteiger partial charge in [0, 0.05) is 24.5 Å². The highest BCUT2D eigenvalue weighted by molar-refractivity contribution is 6.21. The van der Waals surface area contributed by atoms with Crippen LogP contribution >= 0.6 is 0 Å². The second-order valence-corrected chi connectivity index (χ2v) is 8.15. The molecule has 1 fully saturated rings. The highest BCUT2D eigenvalue weighted by Crippen LogP contribution is 2.30. The van der Waals surface area contributed by atoms with Gasteiger partial charge < -0.3 is 21.9 Å². The molecule has 6 N–H and O–H groups in total. The summed E-state index contributed by atoms with van der Waals surface area (Å²) >= 11 is 0. The van der Waals surface area contributed by atoms with E-state index in [1.54, 1.807) is 4.68 Å². The Morgan fingerprint density at radius 3 is 2.72 bits per heavy atom. The fraction of sp³-hybridized carbons (Fsp3) is 0.304. The quantitative estimate of drug-likeness (QED) is 0.430. The van der Waals surface area contributed by atoms with Gasteiger partial charge in [-0.2, -0.15) is 5.10 Å². The van der Waals surface area contributed by atoms with Crippen molar-refractivity contribution < 1.29 is 14.5 Å². The van der Waals surface area contributed by atoms with Gasteiger partial charge in [-0.15, -0.1) is 0 Å². The number of hydrogen-bond acceptors (Lipinski definition) is 5. The van der Waals surface area contributed by atoms with Crippen LogP contribution in [0.4, 0.5) is 16.3 Å². The average Bonchev–Trinajstić information content (AvgIpc) is 3.35. The SMILES string of the molecule is Cc1ccc(-n2nc(C)c(N=C3C=CC(=[N+]4CCC(CO)C4)C=C3NC(N)=O)c2N)cc1. The number of hydrogen-bond donors (Lipinski definition) is 4. The van der Waals surface area contributed by atoms with Crippen LogP contribution in [-0.4, -0.2) is 56.6 Å². The number of aliphatic hydroxyl groups is 1. The molecule has 2 aliphatic rings. The summed E-state index contributed by atoms with van der Waals surface area (Å²) in [4.78, 5) is 16.4. The summed E-state index contributed by atoms with van der Waals surface area (Å²) in [6.07, 6.45) is 6.55. The van der Waals surface area contributed by atoms with E-state index in [4.69, 9.17) is 16.5 Å². The number of nitrogens with one attached hydrogen (secondary N) is 1. The fourth-order valence-electron chi connectivity index (χ4n) is 3.95. The van der Waals surface area contributed by atoms with Gasteiger partial charge in [0.25, 0.3) is 0 Å². The summed E-state index contributed by atoms with van der Waals surface area (Å²) in [5, 5.41) is 16.6. The third kappa shape index (κ3) is 4.33. The van der Waals surface area contributed by atoms with Crippen molar-refractivity contribution in [2.45, 2.75) is 20.3 Å². The number of aromatic nitrogens is 2. The van der Waals surface area contributed by atoms with Crippen molar-refractivity contribution in [2.75, 3.05) is 25.4 Å². The fourth-order valence-corrected chi connectivity index (χ4v) is 3.95. The number of primary amides is 1. The Hall–Kier alpha value is -3.72. The predicted octanol–water partition coefficient (Wildman–Crippen LogP) is 1.73. The van der Waals surface area contributed by atoms with Gasteiger partial charge >= 0.3 is 6.03 Å². The first kappa shape index (κ1) is 21.5. The normalized spacial score (nSPS) is 21.8. The summed E-state index contributed by atoms with van der Waals surface area (Å²) < 4.78 is 3.83. The molecule has 1 saturated heterocycles. The predicted molar refractivity (Wildman–Crippen MR) is 125 cm³/mol. The van der Waals surface area contributed by atoms with Crippen molar-refractivity contribution in [2.24, 2.45) is 16.6 Å². The monoisotopic (exact) mass is 434 g/mol. The van der Waals surface area contributed by atoms with Gasteiger partial charge in [-0.1, -0.05) is 17.7 Å². The Morgan fingerprint density at radius 2 is 2.06 bits per heavy atom. The molecule has 0 spiro atoms. The molecule has 1 atom stereocenters. The van der Waals surface area contributed by atoms with Crippen LogP contribution in [0.15, 0.2) is 53.2 Å². The number of aliphatic hydroxyl groups excluding tert-OH is 1. The van der Waals surface area contributed by atoms with E-state index in [-0.39, 0.29) is 12.5 Å². The topological polar surface area (TPSA) is 135 Å². The van der Waals surface area contributed by atoms with E-state index in [1.807, 2.05) is 56.3 Å². The first-order chi connectivity index (χ1) is 15.4. The number of allylic oxidation sites excluding steroid dienone is 3. The largest absolute Gasteiger partial charge is 0.396 e. The molecule has 0 bridgehead atoms. The molecule has 0 saturated carbocycles. The number of benzene rings is 1. The number of nitrogens with two attached hydrogens (primary N) is 2. The molecule has 2 aromatic rings. The van der Waals surface area contributed by atoms with E-state index in [9.17, 15) is 9.90 Å². The molecule has 1 unspecified atom stereocenters. The molecule has 9 heteroatoms. The zero-order chi connectivity index (χ0) is 22.8. The number of rotatable bonds is 4. The van der Waals surface area contributed by atoms with Crippen LogP contribution in [0.3, 0.4) is 0 Å². The van der Waals surface area contributed by atoms with Crippen molar-refractivity contribution in [1.29, 1.82) is 0 Å². The molecule has 32 heavy (non-hydrogen) atoms. The van der Waals surface area contributed by atoms with Crippen LogP contribution < -0.4 is 16.8 Å². The zero-order valence-electron chi connectivity index (χ0n) is 18.2. The third-order valence-electron chi connectivity index (χ3n) is 5.72. The number of urea groups is 1. The van der Waals surface area contributed by atoms with Gasteiger partial charge in [0.1, 0.15) is 18.8 Å². The molecule has 0 radical (unpaired) electrons. The lowest BCUT2D eigenvalue weighted by atomic mass is 10.1. The summed E-state index contributed by atoms with van der Waals surface area (Å²) in [5.41, 5.74) is 17.0. The van der Waals surface area contributed by atoms with Crippen LogP contribution in [0.2, 0.25) is 0 Å². The summed E-state index contributed by atoms with van der Waals surface area (Å²) in [7, 11) is 0. The van der Waals surface area contributed by atoms with Gasteiger partial charge in [-0.05, 0) is 32.1 Å². The molecule has 2 heterocycles. The maximum atomic E-state index is 11.6. The van der Waals surface area contributed by atoms with Gasteiger partial charge in [0.15, 0.2) is 5.82 Å². The smallest absolute Gasteiger partial charge is 0.316 e. The zero-order valence-corrected chi connectivity index (χ0v) is 18.2. The number of carbonyl (C=O) groups excluding carboxylic acids is 1. The molecule has 9 nitrogen and oxygen atoms in total. The van der Waals surface area contributed by atoms with Gasteiger partial charge in [0.05, 0.1) is 29.4 Å². The van der Waals surface area contributed by atoms with Crippen LogP contribution in [0.25, 0.3) is 5.69 Å². The van der Waals surface area contributed by atoms with Crippen molar-refractivity contribution >= 4 is 29.0 Å². The van der Waals surface area contributed by atoms with Gasteiger partial charge in [-0.25, -0.2) is 19.0 Å². The van der Waals surface area contributed by atoms with E-state index in [0.717, 1.165) is 36.5 Å². The summed E-state index contributed by atoms with van der Waals surface area (Å²) in [6, 6.07) is 7.22. The van der Waals surface area contributed by atoms with Gasteiger partial charge in [0.2, 0.25) is 5.71 Å². The van der Waals surface area contributed by atoms with E-state index in [0.29, 0.717) is 28.6 Å². The second-order valence-electron chi connectivity index (χ2n) is 8.15. The highest BCUT2D eigenvalue weighted by atomic mass is 16.3. The van der Waals surface area contributed by atoms with Crippen LogP contribution in [-0.2, 0) is 0 Å². The molecule has 1 aromatic carbocycles. The molecular weight excluding hydrogens is 406 g/mol. The number of amides is 2. The van der Waals surface area contributed by atoms with Crippen molar-refractivity contribution in [3.8, 4) is 5.69 Å². The van der Waals surface area contributed by atoms with E-state index >= 15 is 0 Å². The minimum absolute atomic E-state index is 0.167. The Labute approximate surface area is 186 Å². The van der Waals surface area contributed by atoms with E-state index < -0.39 is 6.03 Å². The number of nitrogen functional groups attached to an aromatic ring is 1. The average molecular weight is 435 g/mol. The van der Waals surface area contributed by atoms with E-state index in [2.05, 4.69) is 15.0 Å². The standard InChI is InChI=1S/C23H27N7O2/c1-14-3-5-17(6-4-14)30-22(24)21(15(2)28-30)26-19-8-7-18(11-20(19)27-23(25)32)29-10-9-16(12-29)13-31/h3-8,11,16,31H,9-10,12-13H2,1-2H3,(H4,24,25,27,28,32)/p+1. The second kappa shape index (κ2) is 8.80. The number of carbonyl (C=O) groups is 1. The van der Waals surface area contributed by atoms with Crippen LogP contribution in [0.1, 0.15) is 17.7 Å². The number of aryl methyl sites for hydroxylation is 2. The van der Waals surface area contributed by atoms with Gasteiger partial charge in [-0.3, -0.25) is 0 Å². The molecule has 166 valence electrons. The summed E-state index contributed by atoms with van der Waals surface area (Å²) in [5.74, 6) is 0.660. The Kier molecular flexibility index (Phi) is 5.91. The number of anilines is 1. The minimum Gasteiger partial charge on any atom is -0.396 e. The Morgan fingerprint density at radius 1 is 1.31 bits per heavy atom. The lowest BCUT2D eigenvalue weighted by molar-refractivity contribution is -0.507. The molecule has 2 amide bonds. The van der Waals surface area contributed by atoms with Crippen molar-refractivity contribution in [3.63, 3.8) is 0 Å². The van der Waals surface area contributed by atoms with Crippen molar-refractivity contribution in [3.05, 3.63) is 59.4 Å². The molecule has 1 aromatic heterocycles. The molecule has 4 rings (SSSR count). The molecule has 1 aliphatic heterocycles. The summed E-state index contributed by atoms with van der Waals surface area (Å²) in [6.45, 7) is 5.63. The minimum atomic E-state index is -0.673.